The largest absolute Gasteiger partial charge is 0.462 e. The van der Waals surface area contributed by atoms with Crippen molar-refractivity contribution >= 4 is 24.1 Å². The second-order valence-electron chi connectivity index (χ2n) is 29.7. The monoisotopic (exact) mass is 1130 g/mol. The van der Waals surface area contributed by atoms with Gasteiger partial charge in [-0.15, -0.1) is 0 Å². The van der Waals surface area contributed by atoms with Crippen molar-refractivity contribution in [1.29, 1.82) is 0 Å². The summed E-state index contributed by atoms with van der Waals surface area (Å²) in [6.07, 6.45) is 33.5. The van der Waals surface area contributed by atoms with Gasteiger partial charge in [0.15, 0.2) is 0 Å². The summed E-state index contributed by atoms with van der Waals surface area (Å²) in [7, 11) is 0. The van der Waals surface area contributed by atoms with Crippen LogP contribution < -0.4 is 10.6 Å². The molecule has 0 aliphatic heterocycles. The van der Waals surface area contributed by atoms with E-state index in [1.54, 1.807) is 0 Å². The number of fused-ring (bicyclic) bond motifs is 10. The van der Waals surface area contributed by atoms with Gasteiger partial charge in [0.05, 0.1) is 0 Å². The van der Waals surface area contributed by atoms with Crippen molar-refractivity contribution in [3.63, 3.8) is 0 Å². The lowest BCUT2D eigenvalue weighted by Gasteiger charge is -2.58. The third kappa shape index (κ3) is 15.4. The molecule has 8 aliphatic rings. The molecular formula is C72H112N2O8. The number of alkyl carbamates (subject to hydrolysis) is 2. The summed E-state index contributed by atoms with van der Waals surface area (Å²) in [4.78, 5) is 50.4. The molecule has 10 heteroatoms. The van der Waals surface area contributed by atoms with Crippen LogP contribution in [0.4, 0.5) is 9.59 Å². The summed E-state index contributed by atoms with van der Waals surface area (Å²) in [5, 5.41) is 5.45. The van der Waals surface area contributed by atoms with E-state index < -0.39 is 12.2 Å². The summed E-state index contributed by atoms with van der Waals surface area (Å²) in [5.74, 6) is 20.6. The van der Waals surface area contributed by atoms with Crippen LogP contribution in [-0.4, -0.2) is 62.6 Å². The second-order valence-corrected chi connectivity index (χ2v) is 29.7. The van der Waals surface area contributed by atoms with Crippen LogP contribution in [0.1, 0.15) is 249 Å². The number of rotatable bonds is 24. The highest BCUT2D eigenvalue weighted by Crippen LogP contribution is 2.69. The molecule has 0 saturated heterocycles. The summed E-state index contributed by atoms with van der Waals surface area (Å²) in [5.41, 5.74) is 4.47. The molecule has 0 aromatic heterocycles. The molecule has 8 rings (SSSR count). The highest BCUT2D eigenvalue weighted by atomic mass is 16.6. The Bertz CT molecular complexity index is 2210. The summed E-state index contributed by atoms with van der Waals surface area (Å²) >= 11 is 0. The molecular weight excluding hydrogens is 1020 g/mol. The molecule has 2 N–H and O–H groups in total. The molecule has 0 aromatic carbocycles. The van der Waals surface area contributed by atoms with Gasteiger partial charge in [-0.05, 0) is 207 Å². The number of esters is 2. The highest BCUT2D eigenvalue weighted by molar-refractivity contribution is 5.71. The molecule has 458 valence electrons. The second kappa shape index (κ2) is 29.0. The molecule has 10 nitrogen and oxygen atoms in total. The maximum atomic E-state index is 12.9. The first-order valence-corrected chi connectivity index (χ1v) is 33.8. The fourth-order valence-electron chi connectivity index (χ4n) is 19.5. The van der Waals surface area contributed by atoms with E-state index in [1.807, 2.05) is 0 Å². The van der Waals surface area contributed by atoms with Crippen molar-refractivity contribution in [2.24, 2.45) is 92.7 Å². The van der Waals surface area contributed by atoms with Gasteiger partial charge in [0.1, 0.15) is 25.4 Å². The van der Waals surface area contributed by atoms with Crippen LogP contribution in [0.3, 0.4) is 0 Å². The van der Waals surface area contributed by atoms with E-state index in [4.69, 9.17) is 18.9 Å². The number of nitrogens with one attached hydrogen (secondary N) is 2. The van der Waals surface area contributed by atoms with Crippen LogP contribution >= 0.6 is 0 Å². The van der Waals surface area contributed by atoms with Gasteiger partial charge >= 0.3 is 24.1 Å². The van der Waals surface area contributed by atoms with Crippen LogP contribution in [0.15, 0.2) is 23.3 Å². The van der Waals surface area contributed by atoms with E-state index in [9.17, 15) is 19.2 Å². The zero-order valence-corrected chi connectivity index (χ0v) is 53.1. The number of carbonyl (C=O) groups is 4. The van der Waals surface area contributed by atoms with E-state index in [-0.39, 0.29) is 61.0 Å². The Balaban J connectivity index is 0.619. The molecule has 0 aromatic rings. The van der Waals surface area contributed by atoms with E-state index in [0.717, 1.165) is 110 Å². The van der Waals surface area contributed by atoms with Crippen molar-refractivity contribution < 1.29 is 38.1 Å². The number of allylic oxidation sites excluding steroid dienone is 2. The number of carbonyl (C=O) groups excluding carboxylic acids is 4. The van der Waals surface area contributed by atoms with Gasteiger partial charge in [-0.2, -0.15) is 0 Å². The number of hydrogen-bond acceptors (Lipinski definition) is 8. The Hall–Kier alpha value is -3.92. The van der Waals surface area contributed by atoms with Crippen LogP contribution in [0.25, 0.3) is 0 Å². The number of hydrogen-bond donors (Lipinski definition) is 2. The molecule has 0 radical (unpaired) electrons. The molecule has 0 bridgehead atoms. The maximum absolute atomic E-state index is 12.9. The predicted molar refractivity (Wildman–Crippen MR) is 328 cm³/mol. The van der Waals surface area contributed by atoms with Crippen molar-refractivity contribution in [2.45, 2.75) is 261 Å². The van der Waals surface area contributed by atoms with E-state index in [2.05, 4.69) is 116 Å². The van der Waals surface area contributed by atoms with Gasteiger partial charge in [-0.25, -0.2) is 9.59 Å². The topological polar surface area (TPSA) is 129 Å². The van der Waals surface area contributed by atoms with E-state index in [1.165, 1.54) is 114 Å². The van der Waals surface area contributed by atoms with Gasteiger partial charge in [0, 0.05) is 51.6 Å². The lowest BCUT2D eigenvalue weighted by molar-refractivity contribution is -0.152. The molecule has 8 aliphatic carbocycles. The molecule has 82 heavy (non-hydrogen) atoms. The van der Waals surface area contributed by atoms with Gasteiger partial charge < -0.3 is 29.6 Å². The first-order valence-electron chi connectivity index (χ1n) is 33.8. The Morgan fingerprint density at radius 2 is 0.939 bits per heavy atom. The van der Waals surface area contributed by atoms with Crippen LogP contribution in [0.5, 0.6) is 0 Å². The first-order chi connectivity index (χ1) is 39.2. The Labute approximate surface area is 497 Å². The normalized spacial score (nSPS) is 34.9. The Morgan fingerprint density at radius 1 is 0.524 bits per heavy atom. The van der Waals surface area contributed by atoms with Gasteiger partial charge in [0.25, 0.3) is 0 Å². The molecule has 0 heterocycles. The zero-order chi connectivity index (χ0) is 58.7. The lowest BCUT2D eigenvalue weighted by atomic mass is 9.47. The highest BCUT2D eigenvalue weighted by Gasteiger charge is 2.61. The molecule has 0 spiro atoms. The molecule has 16 atom stereocenters. The van der Waals surface area contributed by atoms with E-state index in [0.29, 0.717) is 49.6 Å². The van der Waals surface area contributed by atoms with Crippen LogP contribution in [-0.2, 0) is 28.5 Å². The van der Waals surface area contributed by atoms with E-state index >= 15 is 0 Å². The number of ether oxygens (including phenoxy) is 4. The van der Waals surface area contributed by atoms with Gasteiger partial charge in [0.2, 0.25) is 0 Å². The average molecular weight is 1130 g/mol. The SMILES string of the molecule is CC(C)CCC[C@@H](C)[C@H]1CC[C@H]2[C@@H]3CC=C4C[C@@H](OC(=O)CCCNC(=O)OCCC#CC#CCCOC(=O)NCCCC(=O)O[C@H]5CC[C@@]6(C)C(=CC[C@H]7[C@@H]8CC[C@H]([C@H](C)CCCC(C)C)[C@@]8(C)CC[C@@H]76)C5)CC[C@]4(C)[C@H]3CC[C@]12C. The summed E-state index contributed by atoms with van der Waals surface area (Å²) in [6, 6.07) is 0. The minimum atomic E-state index is -0.541. The van der Waals surface area contributed by atoms with Crippen molar-refractivity contribution in [1.82, 2.24) is 10.6 Å². The van der Waals surface area contributed by atoms with Crippen LogP contribution in [0, 0.1) is 116 Å². The van der Waals surface area contributed by atoms with Crippen molar-refractivity contribution in [2.75, 3.05) is 26.3 Å². The summed E-state index contributed by atoms with van der Waals surface area (Å²) in [6.45, 7) is 25.8. The minimum Gasteiger partial charge on any atom is -0.462 e. The Morgan fingerprint density at radius 3 is 1.34 bits per heavy atom. The third-order valence-electron chi connectivity index (χ3n) is 23.9. The predicted octanol–water partition coefficient (Wildman–Crippen LogP) is 16.7. The molecule has 2 amide bonds. The Kier molecular flexibility index (Phi) is 22.6. The number of amides is 2. The molecule has 6 saturated carbocycles. The quantitative estimate of drug-likeness (QED) is 0.0321. The molecule has 0 unspecified atom stereocenters. The fourth-order valence-corrected chi connectivity index (χ4v) is 19.5. The van der Waals surface area contributed by atoms with Crippen LogP contribution in [0.2, 0.25) is 0 Å². The lowest BCUT2D eigenvalue weighted by Crippen LogP contribution is -2.51. The first kappa shape index (κ1) is 64.1. The zero-order valence-electron chi connectivity index (χ0n) is 53.1. The molecule has 6 fully saturated rings. The minimum absolute atomic E-state index is 0.0651. The maximum Gasteiger partial charge on any atom is 0.407 e. The van der Waals surface area contributed by atoms with Gasteiger partial charge in [-0.3, -0.25) is 9.59 Å². The fraction of sp³-hybridized carbons (Fsp3) is 0.833. The van der Waals surface area contributed by atoms with Crippen molar-refractivity contribution in [3.05, 3.63) is 23.3 Å². The summed E-state index contributed by atoms with van der Waals surface area (Å²) < 4.78 is 22.6. The average Bonchev–Trinajstić information content (AvgIpc) is 3.01. The van der Waals surface area contributed by atoms with Crippen molar-refractivity contribution in [3.8, 4) is 23.7 Å². The standard InChI is InChI=1S/C72H112N2O8/c1-49(2)21-17-23-51(5)59-31-33-61-57-29-27-53-47-55(35-39-69(53,7)63(57)37-41-71(59,61)9)81-65(75)25-19-43-73-67(77)79-45-15-13-11-12-14-16-46-80-68(78)74-44-20-26-66(76)82-56-36-40-70(8)54(48-56)28-30-58-62-34-32-60(52(6)24-18-22-50(3)4)72(62,10)42-38-64(58)70/h27-28,49-52,55-64H,15-26,29-48H2,1-10H3,(H,73,77)(H,74,78)/t51-,52-,55+,56+,57+,58+,59-,60-,61+,62+,63+,64+,69+,70+,71-,72-/m1/s1. The van der Waals surface area contributed by atoms with Gasteiger partial charge in [-0.1, -0.05) is 143 Å². The third-order valence-corrected chi connectivity index (χ3v) is 23.9. The smallest absolute Gasteiger partial charge is 0.407 e.